The third-order valence-electron chi connectivity index (χ3n) is 4.84. The van der Waals surface area contributed by atoms with E-state index in [0.29, 0.717) is 24.8 Å². The summed E-state index contributed by atoms with van der Waals surface area (Å²) < 4.78 is 6.04. The topological polar surface area (TPSA) is 41.7 Å². The monoisotopic (exact) mass is 289 g/mol. The molecule has 1 aromatic carbocycles. The van der Waals surface area contributed by atoms with Crippen LogP contribution in [0, 0.1) is 0 Å². The van der Waals surface area contributed by atoms with E-state index in [1.165, 1.54) is 12.1 Å². The van der Waals surface area contributed by atoms with Crippen LogP contribution in [0.4, 0.5) is 5.69 Å². The maximum atomic E-state index is 6.04. The number of rotatable bonds is 4. The first-order valence-corrected chi connectivity index (χ1v) is 8.17. The van der Waals surface area contributed by atoms with Crippen molar-refractivity contribution >= 4 is 5.69 Å². The molecule has 0 amide bonds. The molecule has 0 aliphatic carbocycles. The Hall–Kier alpha value is -1.10. The maximum absolute atomic E-state index is 6.04. The summed E-state index contributed by atoms with van der Waals surface area (Å²) in [4.78, 5) is 4.99. The van der Waals surface area contributed by atoms with Crippen LogP contribution < -0.4 is 10.6 Å². The number of anilines is 1. The van der Waals surface area contributed by atoms with Crippen molar-refractivity contribution in [2.45, 2.75) is 38.0 Å². The normalized spacial score (nSPS) is 28.8. The zero-order chi connectivity index (χ0) is 14.7. The summed E-state index contributed by atoms with van der Waals surface area (Å²) in [6, 6.07) is 11.1. The van der Waals surface area contributed by atoms with Gasteiger partial charge in [0.25, 0.3) is 0 Å². The number of hydrogen-bond donors (Lipinski definition) is 1. The summed E-state index contributed by atoms with van der Waals surface area (Å²) in [5.74, 6) is 0. The SMILES string of the molecule is CC1CCC(C(CN)N2CCN(c3ccccc3)CC2)O1. The lowest BCUT2D eigenvalue weighted by Gasteiger charge is -2.41. The Morgan fingerprint density at radius 3 is 2.43 bits per heavy atom. The second-order valence-electron chi connectivity index (χ2n) is 6.22. The van der Waals surface area contributed by atoms with E-state index in [1.54, 1.807) is 0 Å². The zero-order valence-corrected chi connectivity index (χ0v) is 12.9. The molecular formula is C17H27N3O. The average molecular weight is 289 g/mol. The molecule has 3 rings (SSSR count). The van der Waals surface area contributed by atoms with Crippen LogP contribution in [-0.2, 0) is 4.74 Å². The highest BCUT2D eigenvalue weighted by Crippen LogP contribution is 2.25. The molecule has 3 atom stereocenters. The summed E-state index contributed by atoms with van der Waals surface area (Å²) >= 11 is 0. The van der Waals surface area contributed by atoms with E-state index in [-0.39, 0.29) is 0 Å². The van der Waals surface area contributed by atoms with Gasteiger partial charge in [0.2, 0.25) is 0 Å². The lowest BCUT2D eigenvalue weighted by molar-refractivity contribution is -0.00575. The molecule has 0 spiro atoms. The minimum absolute atomic E-state index is 0.327. The van der Waals surface area contributed by atoms with E-state index >= 15 is 0 Å². The Bertz CT molecular complexity index is 431. The van der Waals surface area contributed by atoms with Gasteiger partial charge in [0.05, 0.1) is 12.2 Å². The molecular weight excluding hydrogens is 262 g/mol. The van der Waals surface area contributed by atoms with Gasteiger partial charge in [0, 0.05) is 44.5 Å². The fourth-order valence-corrected chi connectivity index (χ4v) is 3.60. The minimum atomic E-state index is 0.327. The summed E-state index contributed by atoms with van der Waals surface area (Å²) in [6.45, 7) is 7.16. The van der Waals surface area contributed by atoms with Crippen LogP contribution in [0.5, 0.6) is 0 Å². The van der Waals surface area contributed by atoms with E-state index in [2.05, 4.69) is 47.1 Å². The highest BCUT2D eigenvalue weighted by Gasteiger charge is 2.34. The van der Waals surface area contributed by atoms with Crippen molar-refractivity contribution in [1.29, 1.82) is 0 Å². The molecule has 1 aromatic rings. The smallest absolute Gasteiger partial charge is 0.0747 e. The molecule has 116 valence electrons. The number of nitrogens with two attached hydrogens (primary N) is 1. The molecule has 3 unspecified atom stereocenters. The van der Waals surface area contributed by atoms with Crippen molar-refractivity contribution in [2.75, 3.05) is 37.6 Å². The molecule has 2 heterocycles. The fourth-order valence-electron chi connectivity index (χ4n) is 3.60. The lowest BCUT2D eigenvalue weighted by atomic mass is 10.0. The third kappa shape index (κ3) is 3.39. The van der Waals surface area contributed by atoms with Crippen LogP contribution in [0.1, 0.15) is 19.8 Å². The molecule has 4 nitrogen and oxygen atoms in total. The summed E-state index contributed by atoms with van der Waals surface area (Å²) in [5, 5.41) is 0. The first kappa shape index (κ1) is 14.8. The molecule has 2 saturated heterocycles. The Morgan fingerprint density at radius 2 is 1.86 bits per heavy atom. The van der Waals surface area contributed by atoms with Gasteiger partial charge in [-0.1, -0.05) is 18.2 Å². The number of hydrogen-bond acceptors (Lipinski definition) is 4. The van der Waals surface area contributed by atoms with E-state index in [0.717, 1.165) is 32.6 Å². The van der Waals surface area contributed by atoms with Gasteiger partial charge in [-0.15, -0.1) is 0 Å². The molecule has 2 aliphatic heterocycles. The van der Waals surface area contributed by atoms with Crippen LogP contribution in [0.2, 0.25) is 0 Å². The predicted molar refractivity (Wildman–Crippen MR) is 86.6 cm³/mol. The molecule has 2 N–H and O–H groups in total. The number of ether oxygens (including phenoxy) is 1. The standard InChI is InChI=1S/C17H27N3O/c1-14-7-8-17(21-14)16(13-18)20-11-9-19(10-12-20)15-5-3-2-4-6-15/h2-6,14,16-17H,7-13,18H2,1H3. The first-order chi connectivity index (χ1) is 10.3. The number of piperazine rings is 1. The summed E-state index contributed by atoms with van der Waals surface area (Å²) in [5.41, 5.74) is 7.37. The van der Waals surface area contributed by atoms with Gasteiger partial charge in [-0.2, -0.15) is 0 Å². The van der Waals surface area contributed by atoms with Crippen molar-refractivity contribution in [3.63, 3.8) is 0 Å². The Kier molecular flexibility index (Phi) is 4.78. The van der Waals surface area contributed by atoms with Crippen LogP contribution in [-0.4, -0.2) is 55.9 Å². The van der Waals surface area contributed by atoms with E-state index in [1.807, 2.05) is 0 Å². The van der Waals surface area contributed by atoms with E-state index in [4.69, 9.17) is 10.5 Å². The fraction of sp³-hybridized carbons (Fsp3) is 0.647. The van der Waals surface area contributed by atoms with E-state index in [9.17, 15) is 0 Å². The van der Waals surface area contributed by atoms with Gasteiger partial charge in [0.1, 0.15) is 0 Å². The average Bonchev–Trinajstić information content (AvgIpc) is 2.96. The van der Waals surface area contributed by atoms with Gasteiger partial charge in [-0.3, -0.25) is 4.90 Å². The minimum Gasteiger partial charge on any atom is -0.374 e. The first-order valence-electron chi connectivity index (χ1n) is 8.17. The second kappa shape index (κ2) is 6.77. The molecule has 2 aliphatic rings. The predicted octanol–water partition coefficient (Wildman–Crippen LogP) is 1.70. The third-order valence-corrected chi connectivity index (χ3v) is 4.84. The Balaban J connectivity index is 1.57. The lowest BCUT2D eigenvalue weighted by Crippen LogP contribution is -2.56. The molecule has 21 heavy (non-hydrogen) atoms. The molecule has 0 aromatic heterocycles. The van der Waals surface area contributed by atoms with Crippen molar-refractivity contribution in [2.24, 2.45) is 5.73 Å². The Morgan fingerprint density at radius 1 is 1.14 bits per heavy atom. The number of para-hydroxylation sites is 1. The molecule has 0 saturated carbocycles. The van der Waals surface area contributed by atoms with Gasteiger partial charge in [0.15, 0.2) is 0 Å². The maximum Gasteiger partial charge on any atom is 0.0747 e. The van der Waals surface area contributed by atoms with Crippen LogP contribution >= 0.6 is 0 Å². The van der Waals surface area contributed by atoms with Crippen molar-refractivity contribution in [1.82, 2.24) is 4.90 Å². The zero-order valence-electron chi connectivity index (χ0n) is 12.9. The number of nitrogens with zero attached hydrogens (tertiary/aromatic N) is 2. The molecule has 0 bridgehead atoms. The summed E-state index contributed by atoms with van der Waals surface area (Å²) in [6.07, 6.45) is 3.05. The van der Waals surface area contributed by atoms with Crippen LogP contribution in [0.3, 0.4) is 0 Å². The van der Waals surface area contributed by atoms with Gasteiger partial charge >= 0.3 is 0 Å². The molecule has 2 fully saturated rings. The Labute approximate surface area is 127 Å². The highest BCUT2D eigenvalue weighted by atomic mass is 16.5. The highest BCUT2D eigenvalue weighted by molar-refractivity contribution is 5.46. The van der Waals surface area contributed by atoms with Gasteiger partial charge < -0.3 is 15.4 Å². The van der Waals surface area contributed by atoms with Crippen molar-refractivity contribution in [3.05, 3.63) is 30.3 Å². The largest absolute Gasteiger partial charge is 0.374 e. The van der Waals surface area contributed by atoms with E-state index < -0.39 is 0 Å². The van der Waals surface area contributed by atoms with Crippen LogP contribution in [0.15, 0.2) is 30.3 Å². The summed E-state index contributed by atoms with van der Waals surface area (Å²) in [7, 11) is 0. The number of benzene rings is 1. The van der Waals surface area contributed by atoms with Crippen molar-refractivity contribution in [3.8, 4) is 0 Å². The second-order valence-corrected chi connectivity index (χ2v) is 6.22. The molecule has 4 heteroatoms. The van der Waals surface area contributed by atoms with Gasteiger partial charge in [-0.25, -0.2) is 0 Å². The molecule has 0 radical (unpaired) electrons. The van der Waals surface area contributed by atoms with Gasteiger partial charge in [-0.05, 0) is 31.9 Å². The van der Waals surface area contributed by atoms with Crippen LogP contribution in [0.25, 0.3) is 0 Å². The quantitative estimate of drug-likeness (QED) is 0.916. The van der Waals surface area contributed by atoms with Crippen molar-refractivity contribution < 1.29 is 4.74 Å².